The minimum absolute atomic E-state index is 0.278. The summed E-state index contributed by atoms with van der Waals surface area (Å²) in [7, 11) is 0. The fourth-order valence-electron chi connectivity index (χ4n) is 4.54. The van der Waals surface area contributed by atoms with Gasteiger partial charge in [0.2, 0.25) is 0 Å². The fraction of sp³-hybridized carbons (Fsp3) is 0.842. The second-order valence-corrected chi connectivity index (χ2v) is 7.91. The average molecular weight is 276 g/mol. The second-order valence-electron chi connectivity index (χ2n) is 7.91. The molecule has 0 aromatic heterocycles. The smallest absolute Gasteiger partial charge is 0.136 e. The first-order valence-electron chi connectivity index (χ1n) is 8.57. The van der Waals surface area contributed by atoms with Gasteiger partial charge in [0, 0.05) is 12.3 Å². The van der Waals surface area contributed by atoms with Crippen LogP contribution in [0.1, 0.15) is 66.7 Å². The van der Waals surface area contributed by atoms with Crippen LogP contribution in [0.2, 0.25) is 0 Å². The zero-order valence-electron chi connectivity index (χ0n) is 14.0. The molecule has 0 spiro atoms. The minimum atomic E-state index is 0.278. The molecule has 0 amide bonds. The summed E-state index contributed by atoms with van der Waals surface area (Å²) in [5.41, 5.74) is 0.278. The molecule has 0 bridgehead atoms. The van der Waals surface area contributed by atoms with Gasteiger partial charge in [0.1, 0.15) is 5.78 Å². The zero-order valence-corrected chi connectivity index (χ0v) is 14.0. The van der Waals surface area contributed by atoms with Crippen LogP contribution in [-0.4, -0.2) is 5.78 Å². The van der Waals surface area contributed by atoms with Crippen LogP contribution in [0.5, 0.6) is 0 Å². The van der Waals surface area contributed by atoms with E-state index in [-0.39, 0.29) is 5.41 Å². The Hall–Kier alpha value is -0.590. The van der Waals surface area contributed by atoms with Gasteiger partial charge in [-0.25, -0.2) is 0 Å². The molecule has 0 radical (unpaired) electrons. The molecule has 0 unspecified atom stereocenters. The van der Waals surface area contributed by atoms with Crippen LogP contribution < -0.4 is 0 Å². The molecule has 114 valence electrons. The van der Waals surface area contributed by atoms with Crippen molar-refractivity contribution in [3.63, 3.8) is 0 Å². The normalized spacial score (nSPS) is 37.4. The molecule has 0 aliphatic heterocycles. The maximum Gasteiger partial charge on any atom is 0.136 e. The maximum absolute atomic E-state index is 12.2. The molecule has 0 N–H and O–H groups in total. The highest BCUT2D eigenvalue weighted by molar-refractivity contribution is 5.83. The van der Waals surface area contributed by atoms with Crippen molar-refractivity contribution >= 4 is 5.78 Å². The number of hydrogen-bond donors (Lipinski definition) is 0. The van der Waals surface area contributed by atoms with Crippen molar-refractivity contribution in [2.24, 2.45) is 35.0 Å². The van der Waals surface area contributed by atoms with Gasteiger partial charge in [-0.3, -0.25) is 4.79 Å². The van der Waals surface area contributed by atoms with Gasteiger partial charge < -0.3 is 0 Å². The van der Waals surface area contributed by atoms with E-state index in [1.165, 1.54) is 12.8 Å². The fourth-order valence-corrected chi connectivity index (χ4v) is 4.54. The number of carbonyl (C=O) groups is 1. The summed E-state index contributed by atoms with van der Waals surface area (Å²) in [6.45, 7) is 11.6. The zero-order chi connectivity index (χ0) is 14.9. The van der Waals surface area contributed by atoms with Crippen molar-refractivity contribution in [3.05, 3.63) is 12.2 Å². The quantitative estimate of drug-likeness (QED) is 0.640. The van der Waals surface area contributed by atoms with Gasteiger partial charge in [0.15, 0.2) is 0 Å². The first-order chi connectivity index (χ1) is 9.36. The highest BCUT2D eigenvalue weighted by Crippen LogP contribution is 2.56. The van der Waals surface area contributed by atoms with Crippen molar-refractivity contribution in [2.45, 2.75) is 66.7 Å². The van der Waals surface area contributed by atoms with Gasteiger partial charge in [-0.1, -0.05) is 46.8 Å². The first-order valence-corrected chi connectivity index (χ1v) is 8.57. The van der Waals surface area contributed by atoms with Crippen LogP contribution in [0.15, 0.2) is 12.2 Å². The molecule has 2 rings (SSSR count). The summed E-state index contributed by atoms with van der Waals surface area (Å²) < 4.78 is 0. The van der Waals surface area contributed by atoms with Gasteiger partial charge in [0.25, 0.3) is 0 Å². The summed E-state index contributed by atoms with van der Waals surface area (Å²) in [5.74, 6) is 3.58. The van der Waals surface area contributed by atoms with Crippen LogP contribution in [0.4, 0.5) is 0 Å². The number of hydrogen-bond acceptors (Lipinski definition) is 1. The lowest BCUT2D eigenvalue weighted by Gasteiger charge is -2.41. The highest BCUT2D eigenvalue weighted by Gasteiger charge is 2.51. The Kier molecular flexibility index (Phi) is 4.76. The maximum atomic E-state index is 12.2. The standard InChI is InChI=1S/C19H32O/c1-13(2)14(3)8-9-15(4)16-10-11-17-18(20)7-6-12-19(16,17)5/h8-9,13-17H,6-7,10-12H2,1-5H3/b9-8+/t14-,15-,16-,17+,19-/m1/s1. The SMILES string of the molecule is CC(C)[C@H](C)/C=C/[C@@H](C)[C@H]1CC[C@H]2C(=O)CCC[C@]12C. The summed E-state index contributed by atoms with van der Waals surface area (Å²) >= 11 is 0. The van der Waals surface area contributed by atoms with Crippen LogP contribution in [0.3, 0.4) is 0 Å². The molecule has 0 aromatic carbocycles. The molecule has 2 aliphatic carbocycles. The Morgan fingerprint density at radius 1 is 1.15 bits per heavy atom. The Bertz CT molecular complexity index is 381. The van der Waals surface area contributed by atoms with Crippen molar-refractivity contribution in [2.75, 3.05) is 0 Å². The molecular weight excluding hydrogens is 244 g/mol. The average Bonchev–Trinajstić information content (AvgIpc) is 2.74. The lowest BCUT2D eigenvalue weighted by atomic mass is 9.62. The van der Waals surface area contributed by atoms with E-state index < -0.39 is 0 Å². The molecule has 2 saturated carbocycles. The summed E-state index contributed by atoms with van der Waals surface area (Å²) in [4.78, 5) is 12.2. The van der Waals surface area contributed by atoms with E-state index in [1.807, 2.05) is 0 Å². The third-order valence-electron chi connectivity index (χ3n) is 6.34. The molecule has 2 fully saturated rings. The second kappa shape index (κ2) is 6.03. The third kappa shape index (κ3) is 2.87. The van der Waals surface area contributed by atoms with Gasteiger partial charge in [-0.05, 0) is 54.8 Å². The Morgan fingerprint density at radius 2 is 1.85 bits per heavy atom. The summed E-state index contributed by atoms with van der Waals surface area (Å²) in [5, 5.41) is 0. The van der Waals surface area contributed by atoms with E-state index in [2.05, 4.69) is 46.8 Å². The first kappa shape index (κ1) is 15.8. The van der Waals surface area contributed by atoms with E-state index in [4.69, 9.17) is 0 Å². The summed E-state index contributed by atoms with van der Waals surface area (Å²) in [6, 6.07) is 0. The van der Waals surface area contributed by atoms with Gasteiger partial charge in [-0.15, -0.1) is 0 Å². The molecule has 0 aromatic rings. The number of allylic oxidation sites excluding steroid dienone is 2. The number of carbonyl (C=O) groups excluding carboxylic acids is 1. The number of rotatable bonds is 4. The van der Waals surface area contributed by atoms with Crippen LogP contribution >= 0.6 is 0 Å². The van der Waals surface area contributed by atoms with Crippen LogP contribution in [-0.2, 0) is 4.79 Å². The van der Waals surface area contributed by atoms with Crippen molar-refractivity contribution in [1.82, 2.24) is 0 Å². The van der Waals surface area contributed by atoms with Crippen molar-refractivity contribution < 1.29 is 4.79 Å². The van der Waals surface area contributed by atoms with Gasteiger partial charge in [-0.2, -0.15) is 0 Å². The van der Waals surface area contributed by atoms with E-state index in [1.54, 1.807) is 0 Å². The number of Topliss-reactive ketones (excluding diaryl/α,β-unsaturated/α-hetero) is 1. The summed E-state index contributed by atoms with van der Waals surface area (Å²) in [6.07, 6.45) is 10.4. The largest absolute Gasteiger partial charge is 0.299 e. The van der Waals surface area contributed by atoms with E-state index in [0.29, 0.717) is 35.4 Å². The predicted octanol–water partition coefficient (Wildman–Crippen LogP) is 5.26. The molecule has 5 atom stereocenters. The van der Waals surface area contributed by atoms with Crippen molar-refractivity contribution in [3.8, 4) is 0 Å². The number of fused-ring (bicyclic) bond motifs is 1. The van der Waals surface area contributed by atoms with Crippen LogP contribution in [0.25, 0.3) is 0 Å². The van der Waals surface area contributed by atoms with E-state index in [0.717, 1.165) is 19.3 Å². The van der Waals surface area contributed by atoms with Crippen LogP contribution in [0, 0.1) is 35.0 Å². The molecule has 0 heterocycles. The third-order valence-corrected chi connectivity index (χ3v) is 6.34. The van der Waals surface area contributed by atoms with E-state index >= 15 is 0 Å². The molecular formula is C19H32O. The Morgan fingerprint density at radius 3 is 2.50 bits per heavy atom. The molecule has 0 saturated heterocycles. The van der Waals surface area contributed by atoms with Crippen molar-refractivity contribution in [1.29, 1.82) is 0 Å². The predicted molar refractivity (Wildman–Crippen MR) is 85.5 cm³/mol. The Balaban J connectivity index is 2.07. The Labute approximate surface area is 125 Å². The molecule has 20 heavy (non-hydrogen) atoms. The van der Waals surface area contributed by atoms with Gasteiger partial charge >= 0.3 is 0 Å². The molecule has 2 aliphatic rings. The lowest BCUT2D eigenvalue weighted by Crippen LogP contribution is -2.39. The molecule has 1 heteroatoms. The van der Waals surface area contributed by atoms with E-state index in [9.17, 15) is 4.79 Å². The van der Waals surface area contributed by atoms with Gasteiger partial charge in [0.05, 0.1) is 0 Å². The highest BCUT2D eigenvalue weighted by atomic mass is 16.1. The minimum Gasteiger partial charge on any atom is -0.299 e. The number of ketones is 1. The lowest BCUT2D eigenvalue weighted by molar-refractivity contribution is -0.129. The molecule has 1 nitrogen and oxygen atoms in total. The monoisotopic (exact) mass is 276 g/mol. The topological polar surface area (TPSA) is 17.1 Å².